The van der Waals surface area contributed by atoms with Crippen molar-refractivity contribution in [3.8, 4) is 0 Å². The van der Waals surface area contributed by atoms with Gasteiger partial charge in [-0.3, -0.25) is 4.31 Å². The molecule has 0 radical (unpaired) electrons. The molecule has 1 fully saturated rings. The molecule has 1 atom stereocenters. The fourth-order valence-electron chi connectivity index (χ4n) is 3.25. The number of ether oxygens (including phenoxy) is 1. The molecule has 5 rings (SSSR count). The molecule has 1 aliphatic heterocycles. The molecule has 0 amide bonds. The van der Waals surface area contributed by atoms with Crippen LogP contribution >= 0.6 is 11.9 Å². The molecule has 25 heavy (non-hydrogen) atoms. The minimum Gasteiger partial charge on any atom is -0.364 e. The molecule has 1 aliphatic rings. The molecule has 4 aromatic rings. The van der Waals surface area contributed by atoms with Crippen molar-refractivity contribution in [3.05, 3.63) is 24.7 Å². The first-order chi connectivity index (χ1) is 12.3. The van der Waals surface area contributed by atoms with Crippen LogP contribution in [-0.2, 0) is 11.3 Å². The van der Waals surface area contributed by atoms with E-state index in [4.69, 9.17) is 9.72 Å². The van der Waals surface area contributed by atoms with E-state index in [0.717, 1.165) is 46.5 Å². The number of hydrogen-bond donors (Lipinski definition) is 0. The summed E-state index contributed by atoms with van der Waals surface area (Å²) in [5.41, 5.74) is 2.68. The average Bonchev–Trinajstić information content (AvgIpc) is 3.26. The smallest absolute Gasteiger partial charge is 0.159 e. The van der Waals surface area contributed by atoms with E-state index in [0.29, 0.717) is 5.94 Å². The van der Waals surface area contributed by atoms with E-state index in [2.05, 4.69) is 33.3 Å². The predicted molar refractivity (Wildman–Crippen MR) is 97.6 cm³/mol. The van der Waals surface area contributed by atoms with Crippen molar-refractivity contribution in [1.29, 1.82) is 0 Å². The maximum absolute atomic E-state index is 5.65. The van der Waals surface area contributed by atoms with Gasteiger partial charge in [-0.25, -0.2) is 19.2 Å². The predicted octanol–water partition coefficient (Wildman–Crippen LogP) is 2.48. The van der Waals surface area contributed by atoms with Crippen LogP contribution in [0.3, 0.4) is 0 Å². The molecule has 4 aromatic heterocycles. The average molecular weight is 355 g/mol. The summed E-state index contributed by atoms with van der Waals surface area (Å²) in [6.45, 7) is 5.70. The van der Waals surface area contributed by atoms with Gasteiger partial charge in [0.15, 0.2) is 17.1 Å². The van der Waals surface area contributed by atoms with Crippen LogP contribution in [0.2, 0.25) is 0 Å². The Balaban J connectivity index is 1.85. The summed E-state index contributed by atoms with van der Waals surface area (Å²) in [7, 11) is 0. The summed E-state index contributed by atoms with van der Waals surface area (Å²) < 4.78 is 11.6. The molecule has 8 nitrogen and oxygen atoms in total. The van der Waals surface area contributed by atoms with E-state index in [1.165, 1.54) is 0 Å². The van der Waals surface area contributed by atoms with Crippen LogP contribution < -0.4 is 4.31 Å². The van der Waals surface area contributed by atoms with Crippen molar-refractivity contribution < 1.29 is 4.74 Å². The number of anilines is 1. The van der Waals surface area contributed by atoms with E-state index in [1.807, 2.05) is 27.7 Å². The number of fused-ring (bicyclic) bond motifs is 5. The summed E-state index contributed by atoms with van der Waals surface area (Å²) in [6, 6.07) is 1.92. The van der Waals surface area contributed by atoms with Gasteiger partial charge in [-0.1, -0.05) is 0 Å². The second-order valence-electron chi connectivity index (χ2n) is 6.04. The summed E-state index contributed by atoms with van der Waals surface area (Å²) in [5.74, 6) is 1.53. The topological polar surface area (TPSA) is 73.4 Å². The van der Waals surface area contributed by atoms with Crippen molar-refractivity contribution in [2.75, 3.05) is 16.8 Å². The number of aromatic nitrogens is 6. The molecule has 0 spiro atoms. The highest BCUT2D eigenvalue weighted by Crippen LogP contribution is 2.34. The van der Waals surface area contributed by atoms with Gasteiger partial charge in [-0.2, -0.15) is 10.2 Å². The summed E-state index contributed by atoms with van der Waals surface area (Å²) in [5, 5.41) is 10.9. The quantitative estimate of drug-likeness (QED) is 0.511. The first kappa shape index (κ1) is 14.9. The van der Waals surface area contributed by atoms with Crippen molar-refractivity contribution >= 4 is 45.3 Å². The van der Waals surface area contributed by atoms with E-state index in [-0.39, 0.29) is 6.10 Å². The molecular formula is C16H17N7OS. The molecule has 1 unspecified atom stereocenters. The molecule has 0 aliphatic carbocycles. The highest BCUT2D eigenvalue weighted by Gasteiger charge is 2.24. The summed E-state index contributed by atoms with van der Waals surface area (Å²) >= 11 is 1.63. The third kappa shape index (κ3) is 2.19. The highest BCUT2D eigenvalue weighted by molar-refractivity contribution is 8.00. The fourth-order valence-corrected chi connectivity index (χ4v) is 4.24. The van der Waals surface area contributed by atoms with Crippen LogP contribution in [0.4, 0.5) is 5.82 Å². The van der Waals surface area contributed by atoms with Gasteiger partial charge in [-0.15, -0.1) is 0 Å². The lowest BCUT2D eigenvalue weighted by molar-refractivity contribution is 0.105. The maximum Gasteiger partial charge on any atom is 0.159 e. The van der Waals surface area contributed by atoms with Crippen LogP contribution in [0.15, 0.2) is 24.7 Å². The van der Waals surface area contributed by atoms with Crippen molar-refractivity contribution in [2.24, 2.45) is 0 Å². The molecule has 0 aromatic carbocycles. The van der Waals surface area contributed by atoms with Gasteiger partial charge in [0.2, 0.25) is 0 Å². The Hall–Kier alpha value is -2.39. The number of nitrogens with zero attached hydrogens (tertiary/aromatic N) is 7. The Bertz CT molecular complexity index is 1090. The SMILES string of the molecule is CCn1ncc2c1ncc1c(N3CC(C)OCS3)nc3ccnn3c12. The van der Waals surface area contributed by atoms with E-state index in [1.54, 1.807) is 18.1 Å². The van der Waals surface area contributed by atoms with E-state index >= 15 is 0 Å². The monoisotopic (exact) mass is 355 g/mol. The van der Waals surface area contributed by atoms with Gasteiger partial charge in [0, 0.05) is 18.8 Å². The van der Waals surface area contributed by atoms with Crippen LogP contribution in [0.25, 0.3) is 27.6 Å². The number of pyridine rings is 1. The molecule has 0 saturated carbocycles. The Kier molecular flexibility index (Phi) is 3.32. The lowest BCUT2D eigenvalue weighted by Crippen LogP contribution is -2.33. The second kappa shape index (κ2) is 5.57. The Morgan fingerprint density at radius 3 is 3.04 bits per heavy atom. The normalized spacial score (nSPS) is 18.6. The lowest BCUT2D eigenvalue weighted by atomic mass is 10.2. The zero-order chi connectivity index (χ0) is 17.0. The molecule has 0 bridgehead atoms. The minimum absolute atomic E-state index is 0.166. The molecule has 9 heteroatoms. The molecular weight excluding hydrogens is 338 g/mol. The summed E-state index contributed by atoms with van der Waals surface area (Å²) in [6.07, 6.45) is 5.69. The third-order valence-corrected chi connectivity index (χ3v) is 5.33. The van der Waals surface area contributed by atoms with Gasteiger partial charge in [0.05, 0.1) is 41.3 Å². The van der Waals surface area contributed by atoms with Gasteiger partial charge >= 0.3 is 0 Å². The zero-order valence-electron chi connectivity index (χ0n) is 14.0. The summed E-state index contributed by atoms with van der Waals surface area (Å²) in [4.78, 5) is 9.50. The van der Waals surface area contributed by atoms with Crippen molar-refractivity contribution in [3.63, 3.8) is 0 Å². The van der Waals surface area contributed by atoms with Crippen LogP contribution in [-0.4, -0.2) is 48.0 Å². The Morgan fingerprint density at radius 2 is 2.20 bits per heavy atom. The minimum atomic E-state index is 0.166. The highest BCUT2D eigenvalue weighted by atomic mass is 32.2. The number of hydrogen-bond acceptors (Lipinski definition) is 7. The van der Waals surface area contributed by atoms with Gasteiger partial charge in [0.25, 0.3) is 0 Å². The molecule has 128 valence electrons. The standard InChI is InChI=1S/C16H17N7OS/c1-3-21-15-12(7-19-21)14-11(6-17-15)16(20-13-4-5-18-23(13)14)22-8-10(2)24-9-25-22/h4-7,10H,3,8-9H2,1-2H3. The molecule has 5 heterocycles. The van der Waals surface area contributed by atoms with Crippen LogP contribution in [0.5, 0.6) is 0 Å². The van der Waals surface area contributed by atoms with Crippen molar-refractivity contribution in [1.82, 2.24) is 29.4 Å². The maximum atomic E-state index is 5.65. The van der Waals surface area contributed by atoms with Gasteiger partial charge in [0.1, 0.15) is 5.94 Å². The van der Waals surface area contributed by atoms with Gasteiger partial charge < -0.3 is 4.74 Å². The van der Waals surface area contributed by atoms with Crippen molar-refractivity contribution in [2.45, 2.75) is 26.5 Å². The first-order valence-electron chi connectivity index (χ1n) is 8.26. The third-order valence-electron chi connectivity index (χ3n) is 4.45. The Morgan fingerprint density at radius 1 is 1.28 bits per heavy atom. The van der Waals surface area contributed by atoms with Gasteiger partial charge in [-0.05, 0) is 25.8 Å². The zero-order valence-corrected chi connectivity index (χ0v) is 14.8. The largest absolute Gasteiger partial charge is 0.364 e. The number of aryl methyl sites for hydroxylation is 1. The molecule has 0 N–H and O–H groups in total. The first-order valence-corrected chi connectivity index (χ1v) is 9.20. The van der Waals surface area contributed by atoms with Crippen LogP contribution in [0.1, 0.15) is 13.8 Å². The van der Waals surface area contributed by atoms with E-state index in [9.17, 15) is 0 Å². The van der Waals surface area contributed by atoms with Crippen LogP contribution in [0, 0.1) is 0 Å². The van der Waals surface area contributed by atoms with E-state index < -0.39 is 0 Å². The fraction of sp³-hybridized carbons (Fsp3) is 0.375. The number of rotatable bonds is 2. The second-order valence-corrected chi connectivity index (χ2v) is 6.97. The molecule has 1 saturated heterocycles. The Labute approximate surface area is 147 Å². The lowest BCUT2D eigenvalue weighted by Gasteiger charge is -2.31.